The number of pyridine rings is 1. The fourth-order valence-corrected chi connectivity index (χ4v) is 6.60. The van der Waals surface area contributed by atoms with Crippen LogP contribution < -0.4 is 4.74 Å². The van der Waals surface area contributed by atoms with Crippen molar-refractivity contribution >= 4 is 40.0 Å². The molecule has 188 valence electrons. The molecule has 0 spiro atoms. The standard InChI is InChI=1S/C25H28F2N2O4S2/c1-33-16-3-4-20-17(12-16)24(19(26)13-28-20)21(30)5-2-15-8-9-29(14-18(15)25(31)32)10-11-34-23-7-6-22(27)35-23/h3-4,6-7,12-13,15,18,21,30H,2,5,8-11,14H2,1H3,(H,31,32)/t15-,18+,21-/m0/s1. The third kappa shape index (κ3) is 6.30. The topological polar surface area (TPSA) is 82.9 Å². The zero-order chi connectivity index (χ0) is 24.9. The maximum absolute atomic E-state index is 14.7. The first kappa shape index (κ1) is 25.8. The van der Waals surface area contributed by atoms with Crippen molar-refractivity contribution in [1.29, 1.82) is 0 Å². The van der Waals surface area contributed by atoms with Crippen molar-refractivity contribution in [3.05, 3.63) is 53.0 Å². The van der Waals surface area contributed by atoms with E-state index in [9.17, 15) is 23.8 Å². The molecule has 2 N–H and O–H groups in total. The van der Waals surface area contributed by atoms with Crippen molar-refractivity contribution in [2.45, 2.75) is 29.6 Å². The van der Waals surface area contributed by atoms with Gasteiger partial charge in [-0.1, -0.05) is 11.3 Å². The van der Waals surface area contributed by atoms with Crippen molar-refractivity contribution < 1.29 is 28.5 Å². The molecule has 0 amide bonds. The monoisotopic (exact) mass is 522 g/mol. The van der Waals surface area contributed by atoms with Crippen LogP contribution in [-0.2, 0) is 4.79 Å². The van der Waals surface area contributed by atoms with Gasteiger partial charge in [0.15, 0.2) is 5.13 Å². The number of nitrogens with zero attached hydrogens (tertiary/aromatic N) is 2. The highest BCUT2D eigenvalue weighted by molar-refractivity contribution is 8.01. The summed E-state index contributed by atoms with van der Waals surface area (Å²) in [6.07, 6.45) is 1.44. The molecule has 0 saturated carbocycles. The predicted octanol–water partition coefficient (Wildman–Crippen LogP) is 5.21. The third-order valence-electron chi connectivity index (χ3n) is 6.57. The third-order valence-corrected chi connectivity index (χ3v) is 8.65. The summed E-state index contributed by atoms with van der Waals surface area (Å²) in [4.78, 5) is 18.2. The van der Waals surface area contributed by atoms with E-state index in [0.717, 1.165) is 40.6 Å². The van der Waals surface area contributed by atoms with E-state index in [2.05, 4.69) is 9.88 Å². The smallest absolute Gasteiger partial charge is 0.308 e. The summed E-state index contributed by atoms with van der Waals surface area (Å²) in [5, 5.41) is 21.0. The molecule has 0 aliphatic carbocycles. The molecular weight excluding hydrogens is 494 g/mol. The van der Waals surface area contributed by atoms with Crippen LogP contribution >= 0.6 is 23.1 Å². The van der Waals surface area contributed by atoms with E-state index >= 15 is 0 Å². The number of rotatable bonds is 10. The summed E-state index contributed by atoms with van der Waals surface area (Å²) < 4.78 is 34.0. The highest BCUT2D eigenvalue weighted by Gasteiger charge is 2.34. The minimum atomic E-state index is -1.08. The lowest BCUT2D eigenvalue weighted by Gasteiger charge is -2.36. The maximum Gasteiger partial charge on any atom is 0.308 e. The number of hydrogen-bond acceptors (Lipinski definition) is 7. The molecule has 4 rings (SSSR count). The lowest BCUT2D eigenvalue weighted by Crippen LogP contribution is -2.44. The van der Waals surface area contributed by atoms with Crippen LogP contribution in [0.2, 0.25) is 0 Å². The normalized spacial score (nSPS) is 19.7. The van der Waals surface area contributed by atoms with Gasteiger partial charge in [-0.3, -0.25) is 9.78 Å². The number of piperidine rings is 1. The van der Waals surface area contributed by atoms with Gasteiger partial charge >= 0.3 is 5.97 Å². The summed E-state index contributed by atoms with van der Waals surface area (Å²) in [6, 6.07) is 8.31. The number of thioether (sulfide) groups is 1. The van der Waals surface area contributed by atoms with E-state index in [1.54, 1.807) is 36.0 Å². The van der Waals surface area contributed by atoms with Gasteiger partial charge in [-0.2, -0.15) is 4.39 Å². The van der Waals surface area contributed by atoms with Crippen LogP contribution in [0.15, 0.2) is 40.7 Å². The van der Waals surface area contributed by atoms with Crippen LogP contribution in [0.4, 0.5) is 8.78 Å². The molecule has 1 aromatic carbocycles. The van der Waals surface area contributed by atoms with Crippen molar-refractivity contribution in [2.24, 2.45) is 11.8 Å². The minimum Gasteiger partial charge on any atom is -0.497 e. The number of fused-ring (bicyclic) bond motifs is 1. The molecule has 10 heteroatoms. The molecule has 35 heavy (non-hydrogen) atoms. The Morgan fingerprint density at radius 2 is 2.17 bits per heavy atom. The Kier molecular flexibility index (Phi) is 8.59. The number of aliphatic hydroxyl groups excluding tert-OH is 1. The minimum absolute atomic E-state index is 0.108. The van der Waals surface area contributed by atoms with Crippen LogP contribution in [0.5, 0.6) is 5.75 Å². The van der Waals surface area contributed by atoms with Crippen molar-refractivity contribution in [3.63, 3.8) is 0 Å². The van der Waals surface area contributed by atoms with E-state index in [-0.39, 0.29) is 23.0 Å². The number of thiophene rings is 1. The fraction of sp³-hybridized carbons (Fsp3) is 0.440. The van der Waals surface area contributed by atoms with Gasteiger partial charge in [0.1, 0.15) is 11.6 Å². The number of likely N-dealkylation sites (tertiary alicyclic amines) is 1. The molecule has 0 bridgehead atoms. The van der Waals surface area contributed by atoms with Gasteiger partial charge in [0, 0.05) is 29.8 Å². The molecule has 3 heterocycles. The summed E-state index contributed by atoms with van der Waals surface area (Å²) in [5.74, 6) is -0.812. The Morgan fingerprint density at radius 3 is 2.89 bits per heavy atom. The number of aliphatic hydroxyl groups is 1. The quantitative estimate of drug-likeness (QED) is 0.354. The van der Waals surface area contributed by atoms with Crippen LogP contribution in [0, 0.1) is 22.8 Å². The number of carboxylic acid groups (broad SMARTS) is 1. The zero-order valence-electron chi connectivity index (χ0n) is 19.3. The van der Waals surface area contributed by atoms with Gasteiger partial charge in [-0.15, -0.1) is 11.8 Å². The number of carbonyl (C=O) groups is 1. The molecule has 3 aromatic rings. The lowest BCUT2D eigenvalue weighted by molar-refractivity contribution is -0.146. The van der Waals surface area contributed by atoms with Crippen molar-refractivity contribution in [3.8, 4) is 5.75 Å². The predicted molar refractivity (Wildman–Crippen MR) is 133 cm³/mol. The Hall–Kier alpha value is -2.27. The molecule has 0 radical (unpaired) electrons. The van der Waals surface area contributed by atoms with E-state index in [4.69, 9.17) is 4.74 Å². The molecule has 0 unspecified atom stereocenters. The van der Waals surface area contributed by atoms with Gasteiger partial charge in [0.25, 0.3) is 0 Å². The largest absolute Gasteiger partial charge is 0.497 e. The van der Waals surface area contributed by atoms with Crippen molar-refractivity contribution in [2.75, 3.05) is 32.5 Å². The summed E-state index contributed by atoms with van der Waals surface area (Å²) >= 11 is 2.68. The molecule has 1 fully saturated rings. The fourth-order valence-electron chi connectivity index (χ4n) is 4.70. The Labute approximate surface area is 210 Å². The summed E-state index contributed by atoms with van der Waals surface area (Å²) in [7, 11) is 1.52. The number of carboxylic acids is 1. The van der Waals surface area contributed by atoms with Crippen LogP contribution in [0.3, 0.4) is 0 Å². The van der Waals surface area contributed by atoms with Crippen LogP contribution in [0.1, 0.15) is 30.9 Å². The number of aromatic nitrogens is 1. The number of ether oxygens (including phenoxy) is 1. The lowest BCUT2D eigenvalue weighted by atomic mass is 9.81. The van der Waals surface area contributed by atoms with Gasteiger partial charge in [-0.05, 0) is 62.1 Å². The van der Waals surface area contributed by atoms with E-state index < -0.39 is 23.8 Å². The second kappa shape index (κ2) is 11.6. The van der Waals surface area contributed by atoms with E-state index in [0.29, 0.717) is 36.0 Å². The number of benzene rings is 1. The summed E-state index contributed by atoms with van der Waals surface area (Å²) in [5.41, 5.74) is 0.723. The molecule has 1 aliphatic heterocycles. The number of methoxy groups -OCH3 is 1. The highest BCUT2D eigenvalue weighted by Crippen LogP contribution is 2.35. The Balaban J connectivity index is 1.37. The first-order valence-electron chi connectivity index (χ1n) is 11.5. The molecule has 1 aliphatic rings. The van der Waals surface area contributed by atoms with Crippen LogP contribution in [-0.4, -0.2) is 58.6 Å². The Bertz CT molecular complexity index is 1180. The second-order valence-corrected chi connectivity index (χ2v) is 11.1. The SMILES string of the molecule is COc1ccc2ncc(F)c([C@@H](O)CC[C@H]3CCN(CCSc4ccc(F)s4)C[C@H]3C(=O)O)c2c1. The molecule has 6 nitrogen and oxygen atoms in total. The van der Waals surface area contributed by atoms with Gasteiger partial charge < -0.3 is 19.8 Å². The number of halogens is 2. The molecule has 3 atom stereocenters. The second-order valence-electron chi connectivity index (χ2n) is 8.70. The van der Waals surface area contributed by atoms with Crippen molar-refractivity contribution in [1.82, 2.24) is 9.88 Å². The highest BCUT2D eigenvalue weighted by atomic mass is 32.2. The zero-order valence-corrected chi connectivity index (χ0v) is 21.0. The molecule has 2 aromatic heterocycles. The summed E-state index contributed by atoms with van der Waals surface area (Å²) in [6.45, 7) is 1.91. The van der Waals surface area contributed by atoms with E-state index in [1.165, 1.54) is 13.2 Å². The average Bonchev–Trinajstić information content (AvgIpc) is 3.27. The van der Waals surface area contributed by atoms with Gasteiger partial charge in [-0.25, -0.2) is 4.39 Å². The first-order chi connectivity index (χ1) is 16.9. The molecule has 1 saturated heterocycles. The van der Waals surface area contributed by atoms with Gasteiger partial charge in [0.2, 0.25) is 0 Å². The van der Waals surface area contributed by atoms with Gasteiger partial charge in [0.05, 0.1) is 35.1 Å². The maximum atomic E-state index is 14.7. The first-order valence-corrected chi connectivity index (χ1v) is 13.3. The number of hydrogen-bond donors (Lipinski definition) is 2. The molecular formula is C25H28F2N2O4S2. The number of aliphatic carboxylic acids is 1. The Morgan fingerprint density at radius 1 is 1.34 bits per heavy atom. The van der Waals surface area contributed by atoms with Crippen LogP contribution in [0.25, 0.3) is 10.9 Å². The van der Waals surface area contributed by atoms with E-state index in [1.807, 2.05) is 0 Å². The average molecular weight is 523 g/mol.